The number of carboxylic acid groups (broad SMARTS) is 1. The highest BCUT2D eigenvalue weighted by Crippen LogP contribution is 2.33. The number of carboxylic acids is 1. The predicted octanol–water partition coefficient (Wildman–Crippen LogP) is 1.97. The van der Waals surface area contributed by atoms with Crippen LogP contribution in [0.25, 0.3) is 0 Å². The summed E-state index contributed by atoms with van der Waals surface area (Å²) in [6.07, 6.45) is 7.63. The van der Waals surface area contributed by atoms with Gasteiger partial charge >= 0.3 is 5.97 Å². The van der Waals surface area contributed by atoms with Crippen LogP contribution in [0.5, 0.6) is 0 Å². The lowest BCUT2D eigenvalue weighted by atomic mass is 9.88. The Morgan fingerprint density at radius 3 is 2.67 bits per heavy atom. The maximum atomic E-state index is 11.1. The molecule has 2 aliphatic rings. The lowest BCUT2D eigenvalue weighted by Crippen LogP contribution is -2.28. The fraction of sp³-hybridized carbons (Fsp3) is 0.769. The van der Waals surface area contributed by atoms with Crippen LogP contribution in [0, 0.1) is 5.92 Å². The van der Waals surface area contributed by atoms with E-state index in [1.807, 2.05) is 0 Å². The van der Waals surface area contributed by atoms with Crippen molar-refractivity contribution in [3.8, 4) is 0 Å². The molecule has 1 aromatic heterocycles. The summed E-state index contributed by atoms with van der Waals surface area (Å²) in [5, 5.41) is 17.7. The number of hydrogen-bond donors (Lipinski definition) is 1. The van der Waals surface area contributed by atoms with Crippen molar-refractivity contribution in [2.75, 3.05) is 0 Å². The summed E-state index contributed by atoms with van der Waals surface area (Å²) < 4.78 is 2.08. The van der Waals surface area contributed by atoms with Gasteiger partial charge in [0.25, 0.3) is 0 Å². The van der Waals surface area contributed by atoms with E-state index in [4.69, 9.17) is 5.11 Å². The standard InChI is InChI=1S/C13H19N3O2/c17-13(18)10-6-7-11-14-15-12(16(11)8-10)9-4-2-1-3-5-9/h9-10H,1-8H2,(H,17,18). The molecule has 0 aromatic carbocycles. The monoisotopic (exact) mass is 249 g/mol. The summed E-state index contributed by atoms with van der Waals surface area (Å²) in [4.78, 5) is 11.1. The van der Waals surface area contributed by atoms with Crippen LogP contribution in [-0.4, -0.2) is 25.8 Å². The first kappa shape index (κ1) is 11.7. The van der Waals surface area contributed by atoms with Crippen molar-refractivity contribution in [3.05, 3.63) is 11.6 Å². The maximum absolute atomic E-state index is 11.1. The number of rotatable bonds is 2. The fourth-order valence-corrected chi connectivity index (χ4v) is 3.21. The smallest absolute Gasteiger partial charge is 0.308 e. The van der Waals surface area contributed by atoms with Gasteiger partial charge in [-0.2, -0.15) is 0 Å². The maximum Gasteiger partial charge on any atom is 0.308 e. The molecule has 0 radical (unpaired) electrons. The van der Waals surface area contributed by atoms with Crippen LogP contribution < -0.4 is 0 Å². The van der Waals surface area contributed by atoms with Gasteiger partial charge in [0.05, 0.1) is 5.92 Å². The molecular weight excluding hydrogens is 230 g/mol. The van der Waals surface area contributed by atoms with Crippen LogP contribution in [0.3, 0.4) is 0 Å². The molecule has 1 aliphatic heterocycles. The summed E-state index contributed by atoms with van der Waals surface area (Å²) >= 11 is 0. The minimum absolute atomic E-state index is 0.268. The van der Waals surface area contributed by atoms with Crippen molar-refractivity contribution < 1.29 is 9.90 Å². The molecule has 1 fully saturated rings. The molecule has 1 atom stereocenters. The molecule has 18 heavy (non-hydrogen) atoms. The highest BCUT2D eigenvalue weighted by molar-refractivity contribution is 5.70. The summed E-state index contributed by atoms with van der Waals surface area (Å²) in [5.41, 5.74) is 0. The quantitative estimate of drug-likeness (QED) is 0.870. The van der Waals surface area contributed by atoms with Gasteiger partial charge in [-0.15, -0.1) is 10.2 Å². The summed E-state index contributed by atoms with van der Waals surface area (Å²) in [5.74, 6) is 1.55. The van der Waals surface area contributed by atoms with E-state index in [1.54, 1.807) is 0 Å². The minimum Gasteiger partial charge on any atom is -0.481 e. The molecular formula is C13H19N3O2. The number of nitrogens with zero attached hydrogens (tertiary/aromatic N) is 3. The van der Waals surface area contributed by atoms with Gasteiger partial charge in [-0.3, -0.25) is 4.79 Å². The largest absolute Gasteiger partial charge is 0.481 e. The van der Waals surface area contributed by atoms with Gasteiger partial charge in [-0.05, 0) is 19.3 Å². The zero-order valence-corrected chi connectivity index (χ0v) is 10.5. The Hall–Kier alpha value is -1.39. The number of aromatic nitrogens is 3. The molecule has 1 N–H and O–H groups in total. The molecule has 1 saturated carbocycles. The number of aliphatic carboxylic acids is 1. The third kappa shape index (κ3) is 2.02. The molecule has 3 rings (SSSR count). The first-order chi connectivity index (χ1) is 8.75. The van der Waals surface area contributed by atoms with Crippen LogP contribution >= 0.6 is 0 Å². The third-order valence-electron chi connectivity index (χ3n) is 4.29. The lowest BCUT2D eigenvalue weighted by Gasteiger charge is -2.25. The zero-order chi connectivity index (χ0) is 12.5. The van der Waals surface area contributed by atoms with Gasteiger partial charge in [0, 0.05) is 18.9 Å². The van der Waals surface area contributed by atoms with Crippen molar-refractivity contribution in [1.29, 1.82) is 0 Å². The predicted molar refractivity (Wildman–Crippen MR) is 65.3 cm³/mol. The van der Waals surface area contributed by atoms with E-state index in [2.05, 4.69) is 14.8 Å². The Bertz CT molecular complexity index is 449. The SMILES string of the molecule is O=C(O)C1CCc2nnc(C3CCCCC3)n2C1. The van der Waals surface area contributed by atoms with Crippen LogP contribution in [-0.2, 0) is 17.8 Å². The van der Waals surface area contributed by atoms with Gasteiger partial charge in [0.1, 0.15) is 11.6 Å². The molecule has 0 amide bonds. The van der Waals surface area contributed by atoms with Crippen molar-refractivity contribution in [2.24, 2.45) is 5.92 Å². The van der Waals surface area contributed by atoms with E-state index in [0.29, 0.717) is 18.9 Å². The van der Waals surface area contributed by atoms with Crippen molar-refractivity contribution >= 4 is 5.97 Å². The van der Waals surface area contributed by atoms with Crippen LogP contribution in [0.1, 0.15) is 56.1 Å². The molecule has 0 bridgehead atoms. The van der Waals surface area contributed by atoms with Crippen molar-refractivity contribution in [2.45, 2.75) is 57.4 Å². The van der Waals surface area contributed by atoms with Gasteiger partial charge < -0.3 is 9.67 Å². The van der Waals surface area contributed by atoms with Crippen molar-refractivity contribution in [3.63, 3.8) is 0 Å². The molecule has 0 spiro atoms. The van der Waals surface area contributed by atoms with E-state index in [0.717, 1.165) is 18.1 Å². The molecule has 0 saturated heterocycles. The van der Waals surface area contributed by atoms with Crippen LogP contribution in [0.2, 0.25) is 0 Å². The Morgan fingerprint density at radius 2 is 1.94 bits per heavy atom. The average molecular weight is 249 g/mol. The molecule has 5 heteroatoms. The second kappa shape index (κ2) is 4.71. The van der Waals surface area contributed by atoms with E-state index < -0.39 is 5.97 Å². The number of carbonyl (C=O) groups is 1. The third-order valence-corrected chi connectivity index (χ3v) is 4.29. The molecule has 1 aliphatic carbocycles. The highest BCUT2D eigenvalue weighted by Gasteiger charge is 2.30. The number of fused-ring (bicyclic) bond motifs is 1. The van der Waals surface area contributed by atoms with Gasteiger partial charge in [0.2, 0.25) is 0 Å². The topological polar surface area (TPSA) is 68.0 Å². The molecule has 98 valence electrons. The van der Waals surface area contributed by atoms with Crippen molar-refractivity contribution in [1.82, 2.24) is 14.8 Å². The Morgan fingerprint density at radius 1 is 1.17 bits per heavy atom. The first-order valence-electron chi connectivity index (χ1n) is 6.90. The first-order valence-corrected chi connectivity index (χ1v) is 6.90. The molecule has 1 unspecified atom stereocenters. The van der Waals surface area contributed by atoms with Gasteiger partial charge in [0.15, 0.2) is 0 Å². The second-order valence-corrected chi connectivity index (χ2v) is 5.49. The van der Waals surface area contributed by atoms with E-state index in [-0.39, 0.29) is 5.92 Å². The molecule has 5 nitrogen and oxygen atoms in total. The highest BCUT2D eigenvalue weighted by atomic mass is 16.4. The number of aryl methyl sites for hydroxylation is 1. The number of hydrogen-bond acceptors (Lipinski definition) is 3. The lowest BCUT2D eigenvalue weighted by molar-refractivity contribution is -0.142. The zero-order valence-electron chi connectivity index (χ0n) is 10.5. The molecule has 1 aromatic rings. The van der Waals surface area contributed by atoms with E-state index in [9.17, 15) is 4.79 Å². The van der Waals surface area contributed by atoms with Crippen LogP contribution in [0.4, 0.5) is 0 Å². The average Bonchev–Trinajstić information content (AvgIpc) is 2.82. The minimum atomic E-state index is -0.691. The van der Waals surface area contributed by atoms with E-state index in [1.165, 1.54) is 32.1 Å². The second-order valence-electron chi connectivity index (χ2n) is 5.49. The Kier molecular flexibility index (Phi) is 3.06. The summed E-state index contributed by atoms with van der Waals surface area (Å²) in [6.45, 7) is 0.559. The van der Waals surface area contributed by atoms with E-state index >= 15 is 0 Å². The fourth-order valence-electron chi connectivity index (χ4n) is 3.21. The van der Waals surface area contributed by atoms with Gasteiger partial charge in [-0.25, -0.2) is 0 Å². The summed E-state index contributed by atoms with van der Waals surface area (Å²) in [6, 6.07) is 0. The molecule has 2 heterocycles. The normalized spacial score (nSPS) is 24.8. The Labute approximate surface area is 106 Å². The summed E-state index contributed by atoms with van der Waals surface area (Å²) in [7, 11) is 0. The Balaban J connectivity index is 1.84. The van der Waals surface area contributed by atoms with Crippen LogP contribution in [0.15, 0.2) is 0 Å². The van der Waals surface area contributed by atoms with Gasteiger partial charge in [-0.1, -0.05) is 19.3 Å².